The monoisotopic (exact) mass is 447 g/mol. The van der Waals surface area contributed by atoms with Gasteiger partial charge < -0.3 is 9.64 Å². The van der Waals surface area contributed by atoms with Gasteiger partial charge >= 0.3 is 0 Å². The number of thiazole rings is 1. The number of fused-ring (bicyclic) bond motifs is 1. The third-order valence-corrected chi connectivity index (χ3v) is 5.87. The summed E-state index contributed by atoms with van der Waals surface area (Å²) in [6.45, 7) is 8.06. The van der Waals surface area contributed by atoms with E-state index < -0.39 is 0 Å². The molecule has 1 aromatic carbocycles. The minimum absolute atomic E-state index is 0.150. The van der Waals surface area contributed by atoms with E-state index >= 15 is 0 Å². The van der Waals surface area contributed by atoms with Crippen molar-refractivity contribution in [2.24, 2.45) is 0 Å². The van der Waals surface area contributed by atoms with Gasteiger partial charge in [0.05, 0.1) is 18.8 Å². The Morgan fingerprint density at radius 3 is 2.63 bits per heavy atom. The summed E-state index contributed by atoms with van der Waals surface area (Å²) in [5, 5.41) is 8.28. The molecule has 3 aromatic rings. The molecule has 158 valence electrons. The van der Waals surface area contributed by atoms with Crippen LogP contribution >= 0.6 is 22.9 Å². The molecule has 0 unspecified atom stereocenters. The summed E-state index contributed by atoms with van der Waals surface area (Å²) in [6, 6.07) is 6.69. The van der Waals surface area contributed by atoms with Crippen LogP contribution < -0.4 is 5.32 Å². The van der Waals surface area contributed by atoms with Crippen molar-refractivity contribution in [3.8, 4) is 0 Å². The second kappa shape index (κ2) is 7.98. The molecule has 10 heteroatoms. The second-order valence-corrected chi connectivity index (χ2v) is 9.41. The Labute approximate surface area is 182 Å². The number of carbonyl (C=O) groups is 2. The maximum Gasteiger partial charge on any atom is 0.276 e. The molecule has 1 saturated heterocycles. The number of nitrogens with zero attached hydrogens (tertiary/aromatic N) is 4. The Morgan fingerprint density at radius 1 is 1.23 bits per heavy atom. The molecule has 3 heterocycles. The van der Waals surface area contributed by atoms with Crippen LogP contribution in [0.3, 0.4) is 0 Å². The maximum atomic E-state index is 13.1. The van der Waals surface area contributed by atoms with Gasteiger partial charge in [-0.1, -0.05) is 29.0 Å². The summed E-state index contributed by atoms with van der Waals surface area (Å²) in [5.41, 5.74) is 0.973. The van der Waals surface area contributed by atoms with Crippen molar-refractivity contribution >= 4 is 50.2 Å². The fraction of sp³-hybridized carbons (Fsp3) is 0.400. The van der Waals surface area contributed by atoms with E-state index in [-0.39, 0.29) is 17.4 Å². The topological polar surface area (TPSA) is 89.4 Å². The fourth-order valence-electron chi connectivity index (χ4n) is 3.18. The lowest BCUT2D eigenvalue weighted by Crippen LogP contribution is -2.41. The number of benzene rings is 1. The van der Waals surface area contributed by atoms with Crippen LogP contribution in [0.5, 0.6) is 0 Å². The molecule has 1 aliphatic rings. The number of rotatable bonds is 3. The molecular formula is C20H22ClN5O3S. The van der Waals surface area contributed by atoms with Crippen LogP contribution in [0, 0.1) is 0 Å². The molecule has 0 saturated carbocycles. The Morgan fingerprint density at radius 2 is 1.97 bits per heavy atom. The van der Waals surface area contributed by atoms with E-state index in [1.807, 2.05) is 20.8 Å². The van der Waals surface area contributed by atoms with E-state index in [1.165, 1.54) is 11.3 Å². The largest absolute Gasteiger partial charge is 0.378 e. The number of carbonyl (C=O) groups excluding carboxylic acids is 2. The summed E-state index contributed by atoms with van der Waals surface area (Å²) in [7, 11) is 0. The number of hydrogen-bond acceptors (Lipinski definition) is 6. The first kappa shape index (κ1) is 20.8. The van der Waals surface area contributed by atoms with E-state index in [2.05, 4.69) is 15.4 Å². The molecule has 1 aliphatic heterocycles. The van der Waals surface area contributed by atoms with Gasteiger partial charge in [0.1, 0.15) is 4.70 Å². The molecular weight excluding hydrogens is 426 g/mol. The molecule has 8 nitrogen and oxygen atoms in total. The van der Waals surface area contributed by atoms with Gasteiger partial charge in [-0.05, 0) is 39.0 Å². The van der Waals surface area contributed by atoms with Crippen molar-refractivity contribution in [3.63, 3.8) is 0 Å². The summed E-state index contributed by atoms with van der Waals surface area (Å²) < 4.78 is 7.74. The normalized spacial score (nSPS) is 14.9. The van der Waals surface area contributed by atoms with Gasteiger partial charge in [0.2, 0.25) is 0 Å². The van der Waals surface area contributed by atoms with Crippen LogP contribution in [0.1, 0.15) is 41.6 Å². The van der Waals surface area contributed by atoms with Crippen molar-refractivity contribution < 1.29 is 14.3 Å². The first-order valence-corrected chi connectivity index (χ1v) is 10.8. The van der Waals surface area contributed by atoms with Crippen LogP contribution in [0.4, 0.5) is 5.13 Å². The standard InChI is InChI=1S/C20H22ClN5O3S/c1-20(2,3)26-16-15(14(24-26)18(28)25-7-9-29-10-8-25)30-19(22-16)23-17(27)12-5-4-6-13(21)11-12/h4-6,11H,7-10H2,1-3H3,(H,22,23,27). The van der Waals surface area contributed by atoms with Gasteiger partial charge in [0.15, 0.2) is 16.5 Å². The Kier molecular flexibility index (Phi) is 5.52. The summed E-state index contributed by atoms with van der Waals surface area (Å²) in [5.74, 6) is -0.465. The Hall–Kier alpha value is -2.49. The highest BCUT2D eigenvalue weighted by Crippen LogP contribution is 2.33. The molecule has 0 atom stereocenters. The van der Waals surface area contributed by atoms with Gasteiger partial charge in [-0.2, -0.15) is 10.1 Å². The molecule has 2 aromatic heterocycles. The maximum absolute atomic E-state index is 13.1. The second-order valence-electron chi connectivity index (χ2n) is 7.97. The van der Waals surface area contributed by atoms with Crippen molar-refractivity contribution in [1.29, 1.82) is 0 Å². The van der Waals surface area contributed by atoms with E-state index in [1.54, 1.807) is 33.8 Å². The van der Waals surface area contributed by atoms with Crippen LogP contribution in [0.25, 0.3) is 10.3 Å². The third-order valence-electron chi connectivity index (χ3n) is 4.67. The van der Waals surface area contributed by atoms with E-state index in [9.17, 15) is 9.59 Å². The number of anilines is 1. The van der Waals surface area contributed by atoms with Gasteiger partial charge in [-0.15, -0.1) is 0 Å². The highest BCUT2D eigenvalue weighted by atomic mass is 35.5. The SMILES string of the molecule is CC(C)(C)n1nc(C(=O)N2CCOCC2)c2sc(NC(=O)c3cccc(Cl)c3)nc21. The van der Waals surface area contributed by atoms with Crippen molar-refractivity contribution in [3.05, 3.63) is 40.5 Å². The number of aromatic nitrogens is 3. The predicted octanol–water partition coefficient (Wildman–Crippen LogP) is 3.63. The molecule has 2 amide bonds. The Bertz CT molecular complexity index is 1110. The van der Waals surface area contributed by atoms with Gasteiger partial charge in [0.25, 0.3) is 11.8 Å². The molecule has 0 radical (unpaired) electrons. The zero-order valence-corrected chi connectivity index (χ0v) is 18.5. The molecule has 0 bridgehead atoms. The number of hydrogen-bond donors (Lipinski definition) is 1. The molecule has 4 rings (SSSR count). The quantitative estimate of drug-likeness (QED) is 0.662. The molecule has 0 spiro atoms. The van der Waals surface area contributed by atoms with Crippen molar-refractivity contribution in [1.82, 2.24) is 19.7 Å². The third kappa shape index (κ3) is 4.05. The minimum atomic E-state index is -0.385. The average molecular weight is 448 g/mol. The predicted molar refractivity (Wildman–Crippen MR) is 117 cm³/mol. The van der Waals surface area contributed by atoms with E-state index in [4.69, 9.17) is 16.3 Å². The number of amides is 2. The van der Waals surface area contributed by atoms with Crippen molar-refractivity contribution in [2.45, 2.75) is 26.3 Å². The number of halogens is 1. The highest BCUT2D eigenvalue weighted by molar-refractivity contribution is 7.22. The number of ether oxygens (including phenoxy) is 1. The zero-order chi connectivity index (χ0) is 21.5. The van der Waals surface area contributed by atoms with Crippen molar-refractivity contribution in [2.75, 3.05) is 31.6 Å². The molecule has 1 fully saturated rings. The van der Waals surface area contributed by atoms with Gasteiger partial charge in [0, 0.05) is 23.7 Å². The zero-order valence-electron chi connectivity index (χ0n) is 16.9. The van der Waals surface area contributed by atoms with Crippen LogP contribution in [0.2, 0.25) is 5.02 Å². The lowest BCUT2D eigenvalue weighted by molar-refractivity contribution is 0.0299. The van der Waals surface area contributed by atoms with Gasteiger partial charge in [-0.25, -0.2) is 4.68 Å². The van der Waals surface area contributed by atoms with E-state index in [0.29, 0.717) is 58.1 Å². The van der Waals surface area contributed by atoms with E-state index in [0.717, 1.165) is 0 Å². The van der Waals surface area contributed by atoms with Crippen LogP contribution in [0.15, 0.2) is 24.3 Å². The number of morpholine rings is 1. The van der Waals surface area contributed by atoms with Crippen LogP contribution in [-0.4, -0.2) is 57.8 Å². The average Bonchev–Trinajstić information content (AvgIpc) is 3.26. The molecule has 1 N–H and O–H groups in total. The lowest BCUT2D eigenvalue weighted by Gasteiger charge is -2.26. The number of nitrogens with one attached hydrogen (secondary N) is 1. The smallest absolute Gasteiger partial charge is 0.276 e. The first-order valence-electron chi connectivity index (χ1n) is 9.58. The fourth-order valence-corrected chi connectivity index (χ4v) is 4.29. The minimum Gasteiger partial charge on any atom is -0.378 e. The first-order chi connectivity index (χ1) is 14.2. The summed E-state index contributed by atoms with van der Waals surface area (Å²) in [4.78, 5) is 32.0. The molecule has 30 heavy (non-hydrogen) atoms. The lowest BCUT2D eigenvalue weighted by atomic mass is 10.1. The summed E-state index contributed by atoms with van der Waals surface area (Å²) >= 11 is 7.23. The van der Waals surface area contributed by atoms with Crippen LogP contribution in [-0.2, 0) is 10.3 Å². The molecule has 0 aliphatic carbocycles. The highest BCUT2D eigenvalue weighted by Gasteiger charge is 2.30. The summed E-state index contributed by atoms with van der Waals surface area (Å²) in [6.07, 6.45) is 0. The van der Waals surface area contributed by atoms with Gasteiger partial charge in [-0.3, -0.25) is 14.9 Å². The Balaban J connectivity index is 1.70.